The molecule has 0 bridgehead atoms. The van der Waals surface area contributed by atoms with Crippen molar-refractivity contribution in [2.45, 2.75) is 78.6 Å². The van der Waals surface area contributed by atoms with Gasteiger partial charge in [-0.2, -0.15) is 0 Å². The highest BCUT2D eigenvalue weighted by Gasteiger charge is 2.41. The summed E-state index contributed by atoms with van der Waals surface area (Å²) in [5.41, 5.74) is 6.79. The van der Waals surface area contributed by atoms with Crippen LogP contribution in [-0.2, 0) is 19.1 Å². The molecule has 4 N–H and O–H groups in total. The first-order valence-electron chi connectivity index (χ1n) is 20.3. The third kappa shape index (κ3) is 8.70. The Kier molecular flexibility index (Phi) is 12.1. The van der Waals surface area contributed by atoms with E-state index in [-0.39, 0.29) is 47.6 Å². The molecular weight excluding hydrogens is 769 g/mol. The lowest BCUT2D eigenvalue weighted by molar-refractivity contribution is -0.136. The zero-order valence-corrected chi connectivity index (χ0v) is 35.7. The van der Waals surface area contributed by atoms with Crippen LogP contribution in [0, 0.1) is 23.7 Å². The number of likely N-dealkylation sites (tertiary alicyclic amines) is 2. The minimum atomic E-state index is -0.702. The normalized spacial score (nSPS) is 20.3. The van der Waals surface area contributed by atoms with Gasteiger partial charge in [-0.25, -0.2) is 19.6 Å². The van der Waals surface area contributed by atoms with Crippen LogP contribution < -0.4 is 10.6 Å². The first-order chi connectivity index (χ1) is 28.2. The zero-order valence-electron chi connectivity index (χ0n) is 34.9. The molecule has 0 unspecified atom stereocenters. The maximum Gasteiger partial charge on any atom is 0.407 e. The van der Waals surface area contributed by atoms with E-state index < -0.39 is 24.3 Å². The molecule has 5 aromatic rings. The molecular formula is C44H54N8O6S. The van der Waals surface area contributed by atoms with Crippen molar-refractivity contribution in [3.05, 3.63) is 71.8 Å². The number of aromatic nitrogens is 4. The Balaban J connectivity index is 1.05. The van der Waals surface area contributed by atoms with Crippen LogP contribution in [0.2, 0.25) is 0 Å². The van der Waals surface area contributed by atoms with Crippen molar-refractivity contribution in [3.63, 3.8) is 0 Å². The number of carbonyl (C=O) groups is 4. The highest BCUT2D eigenvalue weighted by atomic mass is 32.1. The molecule has 0 radical (unpaired) electrons. The lowest BCUT2D eigenvalue weighted by Crippen LogP contribution is -2.51. The number of hydrogen-bond donors (Lipinski definition) is 4. The topological polar surface area (TPSA) is 175 Å². The molecule has 2 saturated heterocycles. The van der Waals surface area contributed by atoms with E-state index in [1.165, 1.54) is 14.2 Å². The first-order valence-corrected chi connectivity index (χ1v) is 21.2. The van der Waals surface area contributed by atoms with Gasteiger partial charge in [0, 0.05) is 28.9 Å². The summed E-state index contributed by atoms with van der Waals surface area (Å²) >= 11 is 1.65. The standard InChI is InChI=1S/C44H54N8O6S/c1-23(2)37(49-43(55)57-7)41(53)51-20-25(5)15-34(51)39-45-19-33(48-39)30-18-36(59-22-30)28-11-9-27(10-12-28)29-13-14-31-32(17-29)47-40(46-31)35-16-26(6)21-52(35)42(54)38(24(3)4)50-44(56)58-8/h9-14,17-19,22-26,34-35,37-38H,15-16,20-21H2,1-8H3,(H,45,48)(H,46,47)(H,49,55)(H,50,56)/t25-,26-,34-,35-,37-,38-/m0/s1. The molecule has 7 rings (SSSR count). The molecule has 0 spiro atoms. The van der Waals surface area contributed by atoms with E-state index >= 15 is 0 Å². The zero-order chi connectivity index (χ0) is 42.1. The van der Waals surface area contributed by atoms with Crippen LogP contribution in [0.25, 0.3) is 43.9 Å². The number of H-pyrrole nitrogens is 2. The van der Waals surface area contributed by atoms with Crippen LogP contribution in [0.4, 0.5) is 9.59 Å². The van der Waals surface area contributed by atoms with Gasteiger partial charge in [0.15, 0.2) is 0 Å². The smallest absolute Gasteiger partial charge is 0.407 e. The number of amides is 4. The number of rotatable bonds is 11. The van der Waals surface area contributed by atoms with E-state index in [0.717, 1.165) is 68.3 Å². The van der Waals surface area contributed by atoms with E-state index in [4.69, 9.17) is 19.4 Å². The first kappa shape index (κ1) is 41.5. The third-order valence-corrected chi connectivity index (χ3v) is 12.5. The minimum Gasteiger partial charge on any atom is -0.453 e. The van der Waals surface area contributed by atoms with Gasteiger partial charge in [-0.05, 0) is 71.4 Å². The number of carbonyl (C=O) groups excluding carboxylic acids is 4. The van der Waals surface area contributed by atoms with Gasteiger partial charge in [-0.15, -0.1) is 11.3 Å². The Bertz CT molecular complexity index is 2310. The quantitative estimate of drug-likeness (QED) is 0.104. The van der Waals surface area contributed by atoms with Gasteiger partial charge in [0.2, 0.25) is 11.8 Å². The summed E-state index contributed by atoms with van der Waals surface area (Å²) in [6, 6.07) is 14.9. The van der Waals surface area contributed by atoms with Crippen LogP contribution in [0.1, 0.15) is 78.1 Å². The second kappa shape index (κ2) is 17.3. The number of alkyl carbamates (subject to hydrolysis) is 2. The molecule has 2 fully saturated rings. The van der Waals surface area contributed by atoms with Crippen LogP contribution in [0.15, 0.2) is 60.1 Å². The number of methoxy groups -OCH3 is 2. The van der Waals surface area contributed by atoms with Crippen molar-refractivity contribution < 1.29 is 28.7 Å². The number of fused-ring (bicyclic) bond motifs is 1. The fraction of sp³-hybridized carbons (Fsp3) is 0.455. The maximum atomic E-state index is 13.8. The molecule has 14 nitrogen and oxygen atoms in total. The molecule has 15 heteroatoms. The number of ether oxygens (including phenoxy) is 2. The molecule has 4 amide bonds. The highest BCUT2D eigenvalue weighted by Crippen LogP contribution is 2.39. The van der Waals surface area contributed by atoms with Crippen LogP contribution in [-0.4, -0.2) is 93.1 Å². The van der Waals surface area contributed by atoms with Gasteiger partial charge in [0.1, 0.15) is 23.7 Å². The maximum absolute atomic E-state index is 13.8. The Labute approximate surface area is 348 Å². The predicted molar refractivity (Wildman–Crippen MR) is 227 cm³/mol. The summed E-state index contributed by atoms with van der Waals surface area (Å²) in [7, 11) is 2.59. The molecule has 0 saturated carbocycles. The molecule has 6 atom stereocenters. The van der Waals surface area contributed by atoms with Crippen molar-refractivity contribution >= 4 is 46.4 Å². The average molecular weight is 823 g/mol. The summed E-state index contributed by atoms with van der Waals surface area (Å²) in [5.74, 6) is 1.52. The fourth-order valence-electron chi connectivity index (χ4n) is 8.33. The van der Waals surface area contributed by atoms with Crippen molar-refractivity contribution in [2.75, 3.05) is 27.3 Å². The number of aromatic amines is 2. The van der Waals surface area contributed by atoms with E-state index in [9.17, 15) is 19.2 Å². The van der Waals surface area contributed by atoms with Gasteiger partial charge in [0.25, 0.3) is 0 Å². The molecule has 3 aromatic heterocycles. The monoisotopic (exact) mass is 822 g/mol. The second-order valence-corrected chi connectivity index (χ2v) is 17.6. The van der Waals surface area contributed by atoms with E-state index in [1.807, 2.05) is 49.8 Å². The van der Waals surface area contributed by atoms with Crippen LogP contribution in [0.5, 0.6) is 0 Å². The number of thiophene rings is 1. The number of hydrogen-bond acceptors (Lipinski definition) is 9. The summed E-state index contributed by atoms with van der Waals surface area (Å²) < 4.78 is 9.58. The van der Waals surface area contributed by atoms with E-state index in [1.54, 1.807) is 11.3 Å². The fourth-order valence-corrected chi connectivity index (χ4v) is 9.24. The highest BCUT2D eigenvalue weighted by molar-refractivity contribution is 7.14. The Morgan fingerprint density at radius 2 is 1.27 bits per heavy atom. The summed E-state index contributed by atoms with van der Waals surface area (Å²) in [4.78, 5) is 73.1. The summed E-state index contributed by atoms with van der Waals surface area (Å²) in [6.07, 6.45) is 2.12. The van der Waals surface area contributed by atoms with Crippen molar-refractivity contribution in [2.24, 2.45) is 23.7 Å². The Morgan fingerprint density at radius 3 is 1.83 bits per heavy atom. The third-order valence-electron chi connectivity index (χ3n) is 11.5. The lowest BCUT2D eigenvalue weighted by Gasteiger charge is -2.30. The van der Waals surface area contributed by atoms with Gasteiger partial charge >= 0.3 is 12.2 Å². The molecule has 2 aliphatic rings. The number of benzene rings is 2. The Morgan fingerprint density at radius 1 is 0.729 bits per heavy atom. The summed E-state index contributed by atoms with van der Waals surface area (Å²) in [6.45, 7) is 13.0. The van der Waals surface area contributed by atoms with Gasteiger partial charge in [0.05, 0.1) is 49.2 Å². The average Bonchev–Trinajstić information content (AvgIpc) is 4.07. The molecule has 59 heavy (non-hydrogen) atoms. The van der Waals surface area contributed by atoms with Crippen molar-refractivity contribution in [3.8, 4) is 32.8 Å². The second-order valence-electron chi connectivity index (χ2n) is 16.7. The number of nitrogens with one attached hydrogen (secondary N) is 4. The number of nitrogens with zero attached hydrogens (tertiary/aromatic N) is 4. The van der Waals surface area contributed by atoms with Gasteiger partial charge in [-0.3, -0.25) is 9.59 Å². The lowest BCUT2D eigenvalue weighted by atomic mass is 10.0. The van der Waals surface area contributed by atoms with E-state index in [2.05, 4.69) is 82.3 Å². The van der Waals surface area contributed by atoms with Crippen molar-refractivity contribution in [1.82, 2.24) is 40.4 Å². The molecule has 0 aliphatic carbocycles. The summed E-state index contributed by atoms with van der Waals surface area (Å²) in [5, 5.41) is 7.55. The molecule has 5 heterocycles. The van der Waals surface area contributed by atoms with Crippen LogP contribution >= 0.6 is 11.3 Å². The van der Waals surface area contributed by atoms with E-state index in [0.29, 0.717) is 13.1 Å². The SMILES string of the molecule is COC(=O)N[C@H](C(=O)N1C[C@@H](C)C[C@H]1c1ncc(-c2csc(-c3ccc(-c4ccc5[nH]c([C@@H]6C[C@H](C)CN6C(=O)[C@@H](NC(=O)OC)C(C)C)nc5c4)cc3)c2)[nH]1)C(C)C. The molecule has 312 valence electrons. The van der Waals surface area contributed by atoms with Crippen molar-refractivity contribution in [1.29, 1.82) is 0 Å². The Hall–Kier alpha value is -5.70. The van der Waals surface area contributed by atoms with Gasteiger partial charge in [-0.1, -0.05) is 71.9 Å². The molecule has 2 aliphatic heterocycles. The van der Waals surface area contributed by atoms with Crippen LogP contribution in [0.3, 0.4) is 0 Å². The molecule has 2 aromatic carbocycles. The minimum absolute atomic E-state index is 0.114. The largest absolute Gasteiger partial charge is 0.453 e. The predicted octanol–water partition coefficient (Wildman–Crippen LogP) is 7.93. The number of imidazole rings is 2. The van der Waals surface area contributed by atoms with Gasteiger partial charge < -0.3 is 39.9 Å².